The van der Waals surface area contributed by atoms with E-state index >= 15 is 0 Å². The van der Waals surface area contributed by atoms with E-state index in [4.69, 9.17) is 13.9 Å². The van der Waals surface area contributed by atoms with Crippen molar-refractivity contribution in [1.82, 2.24) is 5.32 Å². The molecule has 1 amide bonds. The Bertz CT molecular complexity index is 986. The number of esters is 1. The number of fused-ring (bicyclic) bond motifs is 1. The number of nitrogens with one attached hydrogen (secondary N) is 1. The van der Waals surface area contributed by atoms with Gasteiger partial charge in [-0.25, -0.2) is 14.4 Å². The van der Waals surface area contributed by atoms with E-state index in [1.54, 1.807) is 39.8 Å². The minimum Gasteiger partial charge on any atom is -0.444 e. The van der Waals surface area contributed by atoms with Crippen molar-refractivity contribution in [3.8, 4) is 5.75 Å². The third kappa shape index (κ3) is 5.62. The molecule has 0 radical (unpaired) electrons. The van der Waals surface area contributed by atoms with Crippen LogP contribution in [0.4, 0.5) is 4.79 Å². The highest BCUT2D eigenvalue weighted by atomic mass is 16.6. The first kappa shape index (κ1) is 23.4. The molecule has 1 N–H and O–H groups in total. The van der Waals surface area contributed by atoms with Gasteiger partial charge < -0.3 is 19.2 Å². The summed E-state index contributed by atoms with van der Waals surface area (Å²) in [5, 5.41) is 3.42. The molecular formula is C23H31NO6. The monoisotopic (exact) mass is 417 g/mol. The maximum Gasteiger partial charge on any atom is 0.408 e. The predicted molar refractivity (Wildman–Crippen MR) is 115 cm³/mol. The molecule has 0 bridgehead atoms. The van der Waals surface area contributed by atoms with Crippen LogP contribution in [0, 0.1) is 12.8 Å². The average molecular weight is 418 g/mol. The van der Waals surface area contributed by atoms with E-state index in [-0.39, 0.29) is 11.7 Å². The van der Waals surface area contributed by atoms with Gasteiger partial charge in [-0.3, -0.25) is 0 Å². The number of carbonyl (C=O) groups excluding carboxylic acids is 2. The van der Waals surface area contributed by atoms with Gasteiger partial charge in [-0.15, -0.1) is 0 Å². The van der Waals surface area contributed by atoms with Crippen molar-refractivity contribution < 1.29 is 23.5 Å². The van der Waals surface area contributed by atoms with Gasteiger partial charge in [0.05, 0.1) is 0 Å². The number of hydrogen-bond acceptors (Lipinski definition) is 6. The third-order valence-electron chi connectivity index (χ3n) is 4.93. The van der Waals surface area contributed by atoms with Gasteiger partial charge >= 0.3 is 17.7 Å². The summed E-state index contributed by atoms with van der Waals surface area (Å²) in [4.78, 5) is 37.0. The van der Waals surface area contributed by atoms with Crippen LogP contribution in [0.25, 0.3) is 11.0 Å². The highest BCUT2D eigenvalue weighted by Crippen LogP contribution is 2.29. The van der Waals surface area contributed by atoms with Crippen molar-refractivity contribution in [3.05, 3.63) is 39.7 Å². The second-order valence-electron chi connectivity index (χ2n) is 8.44. The lowest BCUT2D eigenvalue weighted by molar-refractivity contribution is -0.138. The van der Waals surface area contributed by atoms with E-state index in [0.717, 1.165) is 10.9 Å². The average Bonchev–Trinajstić information content (AvgIpc) is 2.65. The smallest absolute Gasteiger partial charge is 0.408 e. The van der Waals surface area contributed by atoms with Crippen molar-refractivity contribution in [1.29, 1.82) is 0 Å². The standard InChI is InChI=1S/C23H31NO6/c1-8-13(3)19(24-22(27)30-23(5,6)7)21(26)28-17-11-10-16-15(9-2)12-18(25)29-20(16)14(17)4/h10-13,19H,8-9H2,1-7H3,(H,24,27)/t13-,19+/m1/s1. The van der Waals surface area contributed by atoms with Crippen molar-refractivity contribution in [2.24, 2.45) is 5.92 Å². The highest BCUT2D eigenvalue weighted by Gasteiger charge is 2.30. The van der Waals surface area contributed by atoms with Crippen molar-refractivity contribution in [2.45, 2.75) is 73.0 Å². The molecule has 0 aliphatic rings. The molecule has 0 unspecified atom stereocenters. The normalized spacial score (nSPS) is 13.6. The fourth-order valence-electron chi connectivity index (χ4n) is 3.09. The molecule has 0 fully saturated rings. The molecule has 0 spiro atoms. The van der Waals surface area contributed by atoms with Gasteiger partial charge in [-0.2, -0.15) is 0 Å². The Morgan fingerprint density at radius 2 is 1.87 bits per heavy atom. The zero-order valence-corrected chi connectivity index (χ0v) is 18.8. The molecular weight excluding hydrogens is 386 g/mol. The van der Waals surface area contributed by atoms with E-state index in [9.17, 15) is 14.4 Å². The van der Waals surface area contributed by atoms with Crippen molar-refractivity contribution in [2.75, 3.05) is 0 Å². The molecule has 0 aliphatic carbocycles. The Morgan fingerprint density at radius 3 is 2.43 bits per heavy atom. The zero-order valence-electron chi connectivity index (χ0n) is 18.8. The summed E-state index contributed by atoms with van der Waals surface area (Å²) in [6.07, 6.45) is 0.649. The lowest BCUT2D eigenvalue weighted by atomic mass is 9.99. The first-order valence-corrected chi connectivity index (χ1v) is 10.2. The Balaban J connectivity index is 2.32. The molecule has 2 atom stereocenters. The first-order valence-electron chi connectivity index (χ1n) is 10.2. The van der Waals surface area contributed by atoms with E-state index in [2.05, 4.69) is 5.32 Å². The molecule has 2 aromatic rings. The molecule has 2 rings (SSSR count). The second kappa shape index (κ2) is 9.32. The maximum atomic E-state index is 12.9. The van der Waals surface area contributed by atoms with Crippen LogP contribution in [0.2, 0.25) is 0 Å². The second-order valence-corrected chi connectivity index (χ2v) is 8.44. The molecule has 7 heteroatoms. The van der Waals surface area contributed by atoms with Gasteiger partial charge in [0.2, 0.25) is 0 Å². The number of aryl methyl sites for hydroxylation is 2. The Hall–Kier alpha value is -2.83. The quantitative estimate of drug-likeness (QED) is 0.422. The summed E-state index contributed by atoms with van der Waals surface area (Å²) in [6.45, 7) is 12.7. The van der Waals surface area contributed by atoms with E-state index < -0.39 is 29.3 Å². The van der Waals surface area contributed by atoms with Crippen molar-refractivity contribution >= 4 is 23.0 Å². The fraction of sp³-hybridized carbons (Fsp3) is 0.522. The van der Waals surface area contributed by atoms with Gasteiger partial charge in [0, 0.05) is 17.0 Å². The summed E-state index contributed by atoms with van der Waals surface area (Å²) >= 11 is 0. The number of benzene rings is 1. The van der Waals surface area contributed by atoms with E-state index in [0.29, 0.717) is 24.0 Å². The van der Waals surface area contributed by atoms with Gasteiger partial charge in [0.25, 0.3) is 0 Å². The molecule has 0 aliphatic heterocycles. The summed E-state index contributed by atoms with van der Waals surface area (Å²) in [5.74, 6) is -0.495. The summed E-state index contributed by atoms with van der Waals surface area (Å²) in [7, 11) is 0. The fourth-order valence-corrected chi connectivity index (χ4v) is 3.09. The summed E-state index contributed by atoms with van der Waals surface area (Å²) < 4.78 is 16.3. The maximum absolute atomic E-state index is 12.9. The number of carbonyl (C=O) groups is 2. The molecule has 30 heavy (non-hydrogen) atoms. The van der Waals surface area contributed by atoms with Crippen LogP contribution < -0.4 is 15.7 Å². The van der Waals surface area contributed by atoms with Crippen molar-refractivity contribution in [3.63, 3.8) is 0 Å². The van der Waals surface area contributed by atoms with E-state index in [1.165, 1.54) is 6.07 Å². The van der Waals surface area contributed by atoms with E-state index in [1.807, 2.05) is 20.8 Å². The van der Waals surface area contributed by atoms with Crippen LogP contribution in [0.5, 0.6) is 5.75 Å². The molecule has 1 aromatic heterocycles. The molecule has 1 aromatic carbocycles. The SMILES string of the molecule is CCc1cc(=O)oc2c(C)c(OC(=O)[C@@H](NC(=O)OC(C)(C)C)[C@H](C)CC)ccc12. The molecule has 0 saturated carbocycles. The Morgan fingerprint density at radius 1 is 1.20 bits per heavy atom. The molecule has 7 nitrogen and oxygen atoms in total. The number of rotatable bonds is 6. The summed E-state index contributed by atoms with van der Waals surface area (Å²) in [6, 6.07) is 4.04. The predicted octanol–water partition coefficient (Wildman–Crippen LogP) is 4.51. The molecule has 164 valence electrons. The number of alkyl carbamates (subject to hydrolysis) is 1. The largest absolute Gasteiger partial charge is 0.444 e. The van der Waals surface area contributed by atoms with Crippen LogP contribution in [-0.4, -0.2) is 23.7 Å². The summed E-state index contributed by atoms with van der Waals surface area (Å²) in [5.41, 5.74) is 0.678. The minimum atomic E-state index is -0.881. The first-order chi connectivity index (χ1) is 14.0. The number of ether oxygens (including phenoxy) is 2. The number of amides is 1. The Labute approximate surface area is 176 Å². The zero-order chi connectivity index (χ0) is 22.6. The third-order valence-corrected chi connectivity index (χ3v) is 4.93. The molecule has 1 heterocycles. The lowest BCUT2D eigenvalue weighted by Gasteiger charge is -2.25. The minimum absolute atomic E-state index is 0.171. The highest BCUT2D eigenvalue weighted by molar-refractivity contribution is 5.88. The van der Waals surface area contributed by atoms with Gasteiger partial charge in [0.1, 0.15) is 23.0 Å². The van der Waals surface area contributed by atoms with Gasteiger partial charge in [-0.05, 0) is 57.7 Å². The topological polar surface area (TPSA) is 94.8 Å². The lowest BCUT2D eigenvalue weighted by Crippen LogP contribution is -2.48. The van der Waals surface area contributed by atoms with Crippen LogP contribution in [0.15, 0.2) is 27.4 Å². The Kier molecular flexibility index (Phi) is 7.29. The van der Waals surface area contributed by atoms with Crippen LogP contribution in [0.3, 0.4) is 0 Å². The van der Waals surface area contributed by atoms with Gasteiger partial charge in [-0.1, -0.05) is 27.2 Å². The van der Waals surface area contributed by atoms with Crippen LogP contribution >= 0.6 is 0 Å². The van der Waals surface area contributed by atoms with Crippen LogP contribution in [-0.2, 0) is 16.0 Å². The van der Waals surface area contributed by atoms with Gasteiger partial charge in [0.15, 0.2) is 0 Å². The molecule has 0 saturated heterocycles. The van der Waals surface area contributed by atoms with Crippen LogP contribution in [0.1, 0.15) is 59.1 Å². The number of hydrogen-bond donors (Lipinski definition) is 1.